The Labute approximate surface area is 67.2 Å². The fraction of sp³-hybridized carbons (Fsp3) is 0.875. The molecule has 1 fully saturated rings. The minimum Gasteiger partial charge on any atom is -0.477 e. The van der Waals surface area contributed by atoms with E-state index in [9.17, 15) is 4.79 Å². The average Bonchev–Trinajstić information content (AvgIpc) is 2.36. The number of likely N-dealkylation sites (tertiary alicyclic amines) is 1. The van der Waals surface area contributed by atoms with Crippen molar-refractivity contribution in [2.45, 2.75) is 19.8 Å². The van der Waals surface area contributed by atoms with Crippen LogP contribution < -0.4 is 0 Å². The first kappa shape index (κ1) is 8.53. The molecule has 11 heavy (non-hydrogen) atoms. The molecule has 1 heterocycles. The zero-order chi connectivity index (χ0) is 8.32. The summed E-state index contributed by atoms with van der Waals surface area (Å²) < 4.78 is 0.801. The summed E-state index contributed by atoms with van der Waals surface area (Å²) in [6.45, 7) is 5.47. The van der Waals surface area contributed by atoms with E-state index in [1.807, 2.05) is 0 Å². The SMILES string of the molecule is CC[N+]1(CC(=O)O)CCCC1. The van der Waals surface area contributed by atoms with Gasteiger partial charge in [0.15, 0.2) is 6.54 Å². The fourth-order valence-electron chi connectivity index (χ4n) is 1.88. The molecular formula is C8H16NO2+. The van der Waals surface area contributed by atoms with Crippen LogP contribution in [0.3, 0.4) is 0 Å². The van der Waals surface area contributed by atoms with Crippen LogP contribution in [-0.2, 0) is 4.79 Å². The Morgan fingerprint density at radius 2 is 2.00 bits per heavy atom. The van der Waals surface area contributed by atoms with E-state index in [-0.39, 0.29) is 0 Å². The normalized spacial score (nSPS) is 21.9. The number of carboxylic acid groups (broad SMARTS) is 1. The Kier molecular flexibility index (Phi) is 2.49. The molecule has 0 spiro atoms. The molecule has 3 heteroatoms. The molecule has 1 aliphatic heterocycles. The van der Waals surface area contributed by atoms with E-state index >= 15 is 0 Å². The van der Waals surface area contributed by atoms with Crippen molar-refractivity contribution in [3.05, 3.63) is 0 Å². The molecule has 0 aromatic rings. The third kappa shape index (κ3) is 1.93. The summed E-state index contributed by atoms with van der Waals surface area (Å²) in [5, 5.41) is 8.65. The van der Waals surface area contributed by atoms with Crippen molar-refractivity contribution in [2.24, 2.45) is 0 Å². The van der Waals surface area contributed by atoms with Gasteiger partial charge in [-0.05, 0) is 6.92 Å². The zero-order valence-corrected chi connectivity index (χ0v) is 7.05. The zero-order valence-electron chi connectivity index (χ0n) is 7.05. The Bertz CT molecular complexity index is 150. The third-order valence-corrected chi connectivity index (χ3v) is 2.66. The van der Waals surface area contributed by atoms with Crippen molar-refractivity contribution in [1.82, 2.24) is 0 Å². The molecule has 1 saturated heterocycles. The van der Waals surface area contributed by atoms with E-state index in [0.29, 0.717) is 6.54 Å². The van der Waals surface area contributed by atoms with Crippen LogP contribution in [0.1, 0.15) is 19.8 Å². The van der Waals surface area contributed by atoms with Gasteiger partial charge in [0, 0.05) is 12.8 Å². The van der Waals surface area contributed by atoms with Crippen LogP contribution in [0.2, 0.25) is 0 Å². The van der Waals surface area contributed by atoms with Crippen molar-refractivity contribution < 1.29 is 14.4 Å². The maximum absolute atomic E-state index is 10.5. The molecule has 1 N–H and O–H groups in total. The standard InChI is InChI=1S/C8H15NO2/c1-2-9(7-8(10)11)5-3-4-6-9/h2-7H2,1H3/p+1. The lowest BCUT2D eigenvalue weighted by Gasteiger charge is -2.30. The molecular weight excluding hydrogens is 142 g/mol. The molecule has 0 aliphatic carbocycles. The monoisotopic (exact) mass is 158 g/mol. The molecule has 0 saturated carbocycles. The first-order valence-corrected chi connectivity index (χ1v) is 4.25. The van der Waals surface area contributed by atoms with Crippen molar-refractivity contribution >= 4 is 5.97 Å². The van der Waals surface area contributed by atoms with Gasteiger partial charge in [0.2, 0.25) is 0 Å². The summed E-state index contributed by atoms with van der Waals surface area (Å²) >= 11 is 0. The number of rotatable bonds is 3. The summed E-state index contributed by atoms with van der Waals surface area (Å²) in [4.78, 5) is 10.5. The summed E-state index contributed by atoms with van der Waals surface area (Å²) in [5.74, 6) is -0.659. The Balaban J connectivity index is 2.52. The summed E-state index contributed by atoms with van der Waals surface area (Å²) in [5.41, 5.74) is 0. The molecule has 0 aromatic heterocycles. The van der Waals surface area contributed by atoms with Crippen molar-refractivity contribution in [3.8, 4) is 0 Å². The van der Waals surface area contributed by atoms with E-state index in [0.717, 1.165) is 24.1 Å². The van der Waals surface area contributed by atoms with Gasteiger partial charge in [-0.3, -0.25) is 0 Å². The molecule has 0 aromatic carbocycles. The van der Waals surface area contributed by atoms with Gasteiger partial charge in [0.1, 0.15) is 0 Å². The Morgan fingerprint density at radius 3 is 2.36 bits per heavy atom. The predicted octanol–water partition coefficient (Wildman–Crippen LogP) is 0.701. The number of aliphatic carboxylic acids is 1. The second-order valence-corrected chi connectivity index (χ2v) is 3.36. The number of nitrogens with zero attached hydrogens (tertiary/aromatic N) is 1. The van der Waals surface area contributed by atoms with Gasteiger partial charge in [0.05, 0.1) is 19.6 Å². The maximum Gasteiger partial charge on any atom is 0.359 e. The van der Waals surface area contributed by atoms with Crippen LogP contribution in [-0.4, -0.2) is 41.7 Å². The van der Waals surface area contributed by atoms with E-state index in [1.165, 1.54) is 12.8 Å². The number of hydrogen-bond acceptors (Lipinski definition) is 1. The lowest BCUT2D eigenvalue weighted by Crippen LogP contribution is -2.48. The predicted molar refractivity (Wildman–Crippen MR) is 42.3 cm³/mol. The smallest absolute Gasteiger partial charge is 0.359 e. The average molecular weight is 158 g/mol. The Hall–Kier alpha value is -0.570. The first-order valence-electron chi connectivity index (χ1n) is 4.25. The second kappa shape index (κ2) is 3.22. The Morgan fingerprint density at radius 1 is 1.45 bits per heavy atom. The highest BCUT2D eigenvalue weighted by molar-refractivity contribution is 5.67. The van der Waals surface area contributed by atoms with Gasteiger partial charge in [0.25, 0.3) is 0 Å². The van der Waals surface area contributed by atoms with Crippen molar-refractivity contribution in [3.63, 3.8) is 0 Å². The lowest BCUT2D eigenvalue weighted by atomic mass is 10.4. The highest BCUT2D eigenvalue weighted by atomic mass is 16.4. The molecule has 0 atom stereocenters. The minimum atomic E-state index is -0.659. The van der Waals surface area contributed by atoms with Crippen LogP contribution in [0.4, 0.5) is 0 Å². The molecule has 3 nitrogen and oxygen atoms in total. The van der Waals surface area contributed by atoms with Crippen LogP contribution >= 0.6 is 0 Å². The van der Waals surface area contributed by atoms with Crippen LogP contribution in [0.5, 0.6) is 0 Å². The number of likely N-dealkylation sites (N-methyl/N-ethyl adjacent to an activating group) is 1. The third-order valence-electron chi connectivity index (χ3n) is 2.66. The van der Waals surface area contributed by atoms with Gasteiger partial charge >= 0.3 is 5.97 Å². The topological polar surface area (TPSA) is 37.3 Å². The van der Waals surface area contributed by atoms with Gasteiger partial charge in [-0.25, -0.2) is 4.79 Å². The highest BCUT2D eigenvalue weighted by Crippen LogP contribution is 2.18. The van der Waals surface area contributed by atoms with Gasteiger partial charge in [-0.1, -0.05) is 0 Å². The highest BCUT2D eigenvalue weighted by Gasteiger charge is 2.32. The first-order chi connectivity index (χ1) is 5.18. The number of hydrogen-bond donors (Lipinski definition) is 1. The minimum absolute atomic E-state index is 0.316. The van der Waals surface area contributed by atoms with E-state index in [2.05, 4.69) is 6.92 Å². The fourth-order valence-corrected chi connectivity index (χ4v) is 1.88. The lowest BCUT2D eigenvalue weighted by molar-refractivity contribution is -0.908. The van der Waals surface area contributed by atoms with Crippen molar-refractivity contribution in [2.75, 3.05) is 26.2 Å². The molecule has 64 valence electrons. The molecule has 1 rings (SSSR count). The summed E-state index contributed by atoms with van der Waals surface area (Å²) in [6, 6.07) is 0. The largest absolute Gasteiger partial charge is 0.477 e. The van der Waals surface area contributed by atoms with Gasteiger partial charge in [-0.2, -0.15) is 0 Å². The molecule has 0 radical (unpaired) electrons. The van der Waals surface area contributed by atoms with Crippen molar-refractivity contribution in [1.29, 1.82) is 0 Å². The quantitative estimate of drug-likeness (QED) is 0.614. The molecule has 0 unspecified atom stereocenters. The second-order valence-electron chi connectivity index (χ2n) is 3.36. The van der Waals surface area contributed by atoms with Gasteiger partial charge in [-0.15, -0.1) is 0 Å². The molecule has 1 aliphatic rings. The van der Waals surface area contributed by atoms with Gasteiger partial charge < -0.3 is 9.59 Å². The van der Waals surface area contributed by atoms with E-state index in [1.54, 1.807) is 0 Å². The summed E-state index contributed by atoms with van der Waals surface area (Å²) in [6.07, 6.45) is 2.39. The van der Waals surface area contributed by atoms with E-state index < -0.39 is 5.97 Å². The van der Waals surface area contributed by atoms with E-state index in [4.69, 9.17) is 5.11 Å². The molecule has 0 amide bonds. The van der Waals surface area contributed by atoms with Crippen LogP contribution in [0.15, 0.2) is 0 Å². The summed E-state index contributed by atoms with van der Waals surface area (Å²) in [7, 11) is 0. The maximum atomic E-state index is 10.5. The number of carbonyl (C=O) groups is 1. The van der Waals surface area contributed by atoms with Crippen LogP contribution in [0, 0.1) is 0 Å². The number of quaternary nitrogens is 1. The van der Waals surface area contributed by atoms with Crippen LogP contribution in [0.25, 0.3) is 0 Å². The number of carboxylic acids is 1. The molecule has 0 bridgehead atoms.